The summed E-state index contributed by atoms with van der Waals surface area (Å²) in [5, 5.41) is 5.02. The maximum atomic E-state index is 13.6. The van der Waals surface area contributed by atoms with Crippen molar-refractivity contribution < 1.29 is 4.39 Å². The van der Waals surface area contributed by atoms with Crippen molar-refractivity contribution in [1.29, 1.82) is 0 Å². The SMILES string of the molecule is CNCc1c(F)cccc1Sc1cccs1. The maximum Gasteiger partial charge on any atom is 0.128 e. The van der Waals surface area contributed by atoms with Crippen molar-refractivity contribution in [3.63, 3.8) is 0 Å². The lowest BCUT2D eigenvalue weighted by Crippen LogP contribution is -2.08. The van der Waals surface area contributed by atoms with Gasteiger partial charge in [0.1, 0.15) is 5.82 Å². The van der Waals surface area contributed by atoms with Crippen LogP contribution in [0.1, 0.15) is 5.56 Å². The van der Waals surface area contributed by atoms with Gasteiger partial charge in [0, 0.05) is 17.0 Å². The molecule has 1 aromatic heterocycles. The van der Waals surface area contributed by atoms with E-state index < -0.39 is 0 Å². The number of hydrogen-bond acceptors (Lipinski definition) is 3. The summed E-state index contributed by atoms with van der Waals surface area (Å²) in [4.78, 5) is 0.983. The molecular weight excluding hydrogens is 241 g/mol. The number of benzene rings is 1. The molecule has 0 bridgehead atoms. The molecule has 0 fully saturated rings. The molecule has 0 saturated heterocycles. The molecule has 84 valence electrons. The lowest BCUT2D eigenvalue weighted by Gasteiger charge is -2.08. The van der Waals surface area contributed by atoms with Crippen molar-refractivity contribution in [2.75, 3.05) is 7.05 Å². The monoisotopic (exact) mass is 253 g/mol. The van der Waals surface area contributed by atoms with Crippen LogP contribution in [0.2, 0.25) is 0 Å². The zero-order valence-corrected chi connectivity index (χ0v) is 10.5. The molecule has 0 spiro atoms. The zero-order chi connectivity index (χ0) is 11.4. The van der Waals surface area contributed by atoms with Crippen LogP contribution in [-0.2, 0) is 6.54 Å². The van der Waals surface area contributed by atoms with Gasteiger partial charge >= 0.3 is 0 Å². The van der Waals surface area contributed by atoms with Crippen molar-refractivity contribution in [3.8, 4) is 0 Å². The molecule has 2 aromatic rings. The Bertz CT molecular complexity index is 454. The quantitative estimate of drug-likeness (QED) is 0.890. The Morgan fingerprint density at radius 3 is 2.88 bits per heavy atom. The average Bonchev–Trinajstić information content (AvgIpc) is 2.76. The smallest absolute Gasteiger partial charge is 0.128 e. The molecule has 1 N–H and O–H groups in total. The Labute approximate surface area is 103 Å². The third-order valence-electron chi connectivity index (χ3n) is 2.14. The van der Waals surface area contributed by atoms with Gasteiger partial charge in [-0.15, -0.1) is 11.3 Å². The largest absolute Gasteiger partial charge is 0.316 e. The summed E-state index contributed by atoms with van der Waals surface area (Å²) in [7, 11) is 1.83. The number of hydrogen-bond donors (Lipinski definition) is 1. The Kier molecular flexibility index (Phi) is 3.98. The maximum absolute atomic E-state index is 13.6. The van der Waals surface area contributed by atoms with Crippen LogP contribution < -0.4 is 5.32 Å². The summed E-state index contributed by atoms with van der Waals surface area (Å²) >= 11 is 3.28. The molecular formula is C12H12FNS2. The minimum Gasteiger partial charge on any atom is -0.316 e. The molecule has 0 saturated carbocycles. The third-order valence-corrected chi connectivity index (χ3v) is 4.27. The van der Waals surface area contributed by atoms with Crippen molar-refractivity contribution in [2.45, 2.75) is 15.6 Å². The molecule has 0 amide bonds. The summed E-state index contributed by atoms with van der Waals surface area (Å²) in [5.74, 6) is -0.143. The fourth-order valence-electron chi connectivity index (χ4n) is 1.41. The standard InChI is InChI=1S/C12H12FNS2/c1-14-8-9-10(13)4-2-5-11(9)16-12-6-3-7-15-12/h2-7,14H,8H2,1H3. The van der Waals surface area contributed by atoms with Crippen LogP contribution in [0.5, 0.6) is 0 Å². The van der Waals surface area contributed by atoms with E-state index in [0.717, 1.165) is 10.5 Å². The van der Waals surface area contributed by atoms with Crippen molar-refractivity contribution in [1.82, 2.24) is 5.32 Å². The summed E-state index contributed by atoms with van der Waals surface area (Å²) in [6.45, 7) is 0.556. The van der Waals surface area contributed by atoms with Gasteiger partial charge in [-0.3, -0.25) is 0 Å². The second-order valence-electron chi connectivity index (χ2n) is 3.28. The van der Waals surface area contributed by atoms with Gasteiger partial charge in [0.05, 0.1) is 4.21 Å². The first-order valence-electron chi connectivity index (χ1n) is 4.94. The first kappa shape index (κ1) is 11.6. The van der Waals surface area contributed by atoms with E-state index >= 15 is 0 Å². The van der Waals surface area contributed by atoms with Crippen LogP contribution in [-0.4, -0.2) is 7.05 Å². The molecule has 2 rings (SSSR count). The van der Waals surface area contributed by atoms with Gasteiger partial charge in [0.25, 0.3) is 0 Å². The van der Waals surface area contributed by atoms with E-state index in [4.69, 9.17) is 0 Å². The highest BCUT2D eigenvalue weighted by molar-refractivity contribution is 8.01. The van der Waals surface area contributed by atoms with Crippen LogP contribution in [0.3, 0.4) is 0 Å². The zero-order valence-electron chi connectivity index (χ0n) is 8.87. The van der Waals surface area contributed by atoms with E-state index in [0.29, 0.717) is 6.54 Å². The molecule has 0 radical (unpaired) electrons. The Morgan fingerprint density at radius 1 is 1.31 bits per heavy atom. The van der Waals surface area contributed by atoms with E-state index in [9.17, 15) is 4.39 Å². The van der Waals surface area contributed by atoms with Crippen LogP contribution in [0.25, 0.3) is 0 Å². The molecule has 1 heterocycles. The average molecular weight is 253 g/mol. The van der Waals surface area contributed by atoms with Gasteiger partial charge in [-0.05, 0) is 30.6 Å². The van der Waals surface area contributed by atoms with Crippen molar-refractivity contribution in [2.24, 2.45) is 0 Å². The molecule has 4 heteroatoms. The molecule has 1 nitrogen and oxygen atoms in total. The minimum absolute atomic E-state index is 0.143. The topological polar surface area (TPSA) is 12.0 Å². The fourth-order valence-corrected chi connectivity index (χ4v) is 3.29. The first-order chi connectivity index (χ1) is 7.81. The van der Waals surface area contributed by atoms with Gasteiger partial charge in [0.2, 0.25) is 0 Å². The predicted molar refractivity (Wildman–Crippen MR) is 67.6 cm³/mol. The van der Waals surface area contributed by atoms with Crippen LogP contribution in [0.15, 0.2) is 44.8 Å². The number of halogens is 1. The highest BCUT2D eigenvalue weighted by atomic mass is 32.2. The molecule has 0 unspecified atom stereocenters. The van der Waals surface area contributed by atoms with Gasteiger partial charge < -0.3 is 5.32 Å². The molecule has 0 atom stereocenters. The second-order valence-corrected chi connectivity index (χ2v) is 5.57. The number of rotatable bonds is 4. The molecule has 1 aromatic carbocycles. The van der Waals surface area contributed by atoms with Gasteiger partial charge in [-0.25, -0.2) is 4.39 Å². The predicted octanol–water partition coefficient (Wildman–Crippen LogP) is 3.76. The summed E-state index contributed by atoms with van der Waals surface area (Å²) < 4.78 is 14.8. The van der Waals surface area contributed by atoms with E-state index in [1.807, 2.05) is 30.6 Å². The first-order valence-corrected chi connectivity index (χ1v) is 6.64. The van der Waals surface area contributed by atoms with Crippen LogP contribution in [0.4, 0.5) is 4.39 Å². The molecule has 0 aliphatic carbocycles. The highest BCUT2D eigenvalue weighted by Gasteiger charge is 2.09. The Balaban J connectivity index is 2.29. The number of thiophene rings is 1. The second kappa shape index (κ2) is 5.48. The highest BCUT2D eigenvalue weighted by Crippen LogP contribution is 2.34. The summed E-state index contributed by atoms with van der Waals surface area (Å²) in [6.07, 6.45) is 0. The van der Waals surface area contributed by atoms with E-state index in [1.54, 1.807) is 29.2 Å². The van der Waals surface area contributed by atoms with Gasteiger partial charge in [-0.2, -0.15) is 0 Å². The van der Waals surface area contributed by atoms with Gasteiger partial charge in [-0.1, -0.05) is 23.9 Å². The Morgan fingerprint density at radius 2 is 2.19 bits per heavy atom. The molecule has 0 aliphatic heterocycles. The third kappa shape index (κ3) is 2.64. The van der Waals surface area contributed by atoms with E-state index in [-0.39, 0.29) is 5.82 Å². The Hall–Kier alpha value is -0.840. The van der Waals surface area contributed by atoms with E-state index in [2.05, 4.69) is 5.32 Å². The fraction of sp³-hybridized carbons (Fsp3) is 0.167. The lowest BCUT2D eigenvalue weighted by molar-refractivity contribution is 0.594. The number of nitrogens with one attached hydrogen (secondary N) is 1. The van der Waals surface area contributed by atoms with Crippen LogP contribution >= 0.6 is 23.1 Å². The molecule has 16 heavy (non-hydrogen) atoms. The van der Waals surface area contributed by atoms with Gasteiger partial charge in [0.15, 0.2) is 0 Å². The summed E-state index contributed by atoms with van der Waals surface area (Å²) in [5.41, 5.74) is 0.739. The van der Waals surface area contributed by atoms with Crippen LogP contribution in [0, 0.1) is 5.82 Å². The summed E-state index contributed by atoms with van der Waals surface area (Å²) in [6, 6.07) is 9.27. The van der Waals surface area contributed by atoms with Crippen molar-refractivity contribution in [3.05, 3.63) is 47.1 Å². The van der Waals surface area contributed by atoms with E-state index in [1.165, 1.54) is 10.3 Å². The minimum atomic E-state index is -0.143. The van der Waals surface area contributed by atoms with Crippen molar-refractivity contribution >= 4 is 23.1 Å². The molecule has 0 aliphatic rings. The lowest BCUT2D eigenvalue weighted by atomic mass is 10.2. The normalized spacial score (nSPS) is 10.6.